The molecule has 1 N–H and O–H groups in total. The van der Waals surface area contributed by atoms with Crippen LogP contribution in [0.15, 0.2) is 16.6 Å². The lowest BCUT2D eigenvalue weighted by molar-refractivity contribution is -0.130. The summed E-state index contributed by atoms with van der Waals surface area (Å²) in [7, 11) is 3.53. The van der Waals surface area contributed by atoms with Crippen LogP contribution < -0.4 is 10.1 Å². The Labute approximate surface area is 122 Å². The Kier molecular flexibility index (Phi) is 4.47. The Morgan fingerprint density at radius 2 is 2.26 bits per heavy atom. The van der Waals surface area contributed by atoms with Gasteiger partial charge < -0.3 is 15.0 Å². The molecule has 0 aromatic heterocycles. The summed E-state index contributed by atoms with van der Waals surface area (Å²) in [6, 6.07) is 3.94. The Bertz CT molecular complexity index is 489. The monoisotopic (exact) mass is 326 g/mol. The van der Waals surface area contributed by atoms with E-state index in [1.165, 1.54) is 5.56 Å². The molecule has 5 heteroatoms. The molecule has 0 bridgehead atoms. The Balaban J connectivity index is 2.06. The molecule has 1 heterocycles. The van der Waals surface area contributed by atoms with Crippen molar-refractivity contribution in [1.82, 2.24) is 10.2 Å². The van der Waals surface area contributed by atoms with Gasteiger partial charge in [0, 0.05) is 37.1 Å². The molecule has 0 fully saturated rings. The molecule has 1 unspecified atom stereocenters. The first-order valence-corrected chi connectivity index (χ1v) is 7.17. The minimum atomic E-state index is -0.203. The van der Waals surface area contributed by atoms with Gasteiger partial charge in [0.25, 0.3) is 0 Å². The third-order valence-corrected chi connectivity index (χ3v) is 3.69. The van der Waals surface area contributed by atoms with E-state index in [0.717, 1.165) is 28.8 Å². The van der Waals surface area contributed by atoms with E-state index in [1.54, 1.807) is 19.0 Å². The molecule has 19 heavy (non-hydrogen) atoms. The van der Waals surface area contributed by atoms with Gasteiger partial charge in [0.1, 0.15) is 5.75 Å². The zero-order valence-electron chi connectivity index (χ0n) is 11.5. The van der Waals surface area contributed by atoms with E-state index in [-0.39, 0.29) is 11.9 Å². The van der Waals surface area contributed by atoms with Crippen molar-refractivity contribution in [2.75, 3.05) is 20.7 Å². The van der Waals surface area contributed by atoms with E-state index in [4.69, 9.17) is 4.74 Å². The fourth-order valence-corrected chi connectivity index (χ4v) is 2.77. The molecule has 1 aliphatic rings. The van der Waals surface area contributed by atoms with Crippen molar-refractivity contribution in [2.24, 2.45) is 0 Å². The average Bonchev–Trinajstić information content (AvgIpc) is 2.82. The van der Waals surface area contributed by atoms with Gasteiger partial charge in [-0.3, -0.25) is 4.79 Å². The summed E-state index contributed by atoms with van der Waals surface area (Å²) in [4.78, 5) is 13.4. The largest absolute Gasteiger partial charge is 0.493 e. The van der Waals surface area contributed by atoms with Crippen LogP contribution in [0.4, 0.5) is 0 Å². The highest BCUT2D eigenvalue weighted by atomic mass is 79.9. The molecule has 0 saturated carbocycles. The maximum absolute atomic E-state index is 11.8. The molecule has 1 aromatic rings. The zero-order valence-corrected chi connectivity index (χ0v) is 13.1. The van der Waals surface area contributed by atoms with Crippen LogP contribution in [0.3, 0.4) is 0 Å². The smallest absolute Gasteiger partial charge is 0.238 e. The molecule has 0 radical (unpaired) electrons. The van der Waals surface area contributed by atoms with Crippen molar-refractivity contribution in [3.05, 3.63) is 27.7 Å². The van der Waals surface area contributed by atoms with Crippen LogP contribution in [-0.2, 0) is 17.8 Å². The predicted octanol–water partition coefficient (Wildman–Crippen LogP) is 1.95. The third-order valence-electron chi connectivity index (χ3n) is 3.24. The second kappa shape index (κ2) is 5.92. The van der Waals surface area contributed by atoms with Crippen molar-refractivity contribution in [2.45, 2.75) is 25.9 Å². The number of rotatable bonds is 4. The molecule has 4 nitrogen and oxygen atoms in total. The first-order valence-electron chi connectivity index (χ1n) is 6.37. The van der Waals surface area contributed by atoms with Gasteiger partial charge in [-0.25, -0.2) is 0 Å². The van der Waals surface area contributed by atoms with E-state index in [2.05, 4.69) is 27.3 Å². The second-order valence-electron chi connectivity index (χ2n) is 4.99. The summed E-state index contributed by atoms with van der Waals surface area (Å²) in [5.74, 6) is 1.05. The number of halogens is 1. The van der Waals surface area contributed by atoms with E-state index < -0.39 is 0 Å². The van der Waals surface area contributed by atoms with Gasteiger partial charge in [0.15, 0.2) is 0 Å². The lowest BCUT2D eigenvalue weighted by atomic mass is 10.1. The molecular formula is C14H19BrN2O2. The molecule has 0 saturated heterocycles. The quantitative estimate of drug-likeness (QED) is 0.919. The molecular weight excluding hydrogens is 308 g/mol. The summed E-state index contributed by atoms with van der Waals surface area (Å²) in [5, 5.41) is 3.24. The topological polar surface area (TPSA) is 41.6 Å². The lowest BCUT2D eigenvalue weighted by Crippen LogP contribution is -2.41. The standard InChI is InChI=1S/C14H19BrN2O2/c1-9(14(18)17(2)3)16-8-11-7-12(15)6-10-4-5-19-13(10)11/h6-7,9,16H,4-5,8H2,1-3H3. The number of carbonyl (C=O) groups excluding carboxylic acids is 1. The fourth-order valence-electron chi connectivity index (χ4n) is 2.21. The predicted molar refractivity (Wildman–Crippen MR) is 78.3 cm³/mol. The van der Waals surface area contributed by atoms with Crippen molar-refractivity contribution < 1.29 is 9.53 Å². The van der Waals surface area contributed by atoms with Crippen molar-refractivity contribution in [3.63, 3.8) is 0 Å². The summed E-state index contributed by atoms with van der Waals surface area (Å²) in [5.41, 5.74) is 2.33. The number of fused-ring (bicyclic) bond motifs is 1. The summed E-state index contributed by atoms with van der Waals surface area (Å²) >= 11 is 3.52. The molecule has 2 rings (SSSR count). The number of nitrogens with one attached hydrogen (secondary N) is 1. The van der Waals surface area contributed by atoms with Gasteiger partial charge >= 0.3 is 0 Å². The van der Waals surface area contributed by atoms with Crippen LogP contribution in [0.5, 0.6) is 5.75 Å². The van der Waals surface area contributed by atoms with Gasteiger partial charge in [-0.05, 0) is 24.6 Å². The summed E-state index contributed by atoms with van der Waals surface area (Å²) in [6.07, 6.45) is 0.952. The highest BCUT2D eigenvalue weighted by Gasteiger charge is 2.19. The first-order chi connectivity index (χ1) is 8.99. The maximum atomic E-state index is 11.8. The van der Waals surface area contributed by atoms with Crippen LogP contribution in [0.1, 0.15) is 18.1 Å². The van der Waals surface area contributed by atoms with Gasteiger partial charge in [0.05, 0.1) is 12.6 Å². The SMILES string of the molecule is CC(NCc1cc(Br)cc2c1OCC2)C(=O)N(C)C. The van der Waals surface area contributed by atoms with Crippen LogP contribution >= 0.6 is 15.9 Å². The van der Waals surface area contributed by atoms with Crippen LogP contribution in [0, 0.1) is 0 Å². The molecule has 104 valence electrons. The number of ether oxygens (including phenoxy) is 1. The van der Waals surface area contributed by atoms with Crippen LogP contribution in [-0.4, -0.2) is 37.6 Å². The van der Waals surface area contributed by atoms with E-state index in [0.29, 0.717) is 6.54 Å². The molecule has 1 amide bonds. The fraction of sp³-hybridized carbons (Fsp3) is 0.500. The minimum Gasteiger partial charge on any atom is -0.493 e. The lowest BCUT2D eigenvalue weighted by Gasteiger charge is -2.18. The molecule has 0 spiro atoms. The maximum Gasteiger partial charge on any atom is 0.238 e. The van der Waals surface area contributed by atoms with Gasteiger partial charge in [-0.15, -0.1) is 0 Å². The highest BCUT2D eigenvalue weighted by Crippen LogP contribution is 2.32. The van der Waals surface area contributed by atoms with Crippen LogP contribution in [0.25, 0.3) is 0 Å². The Hall–Kier alpha value is -1.07. The van der Waals surface area contributed by atoms with Crippen molar-refractivity contribution >= 4 is 21.8 Å². The van der Waals surface area contributed by atoms with Gasteiger partial charge in [-0.2, -0.15) is 0 Å². The van der Waals surface area contributed by atoms with Gasteiger partial charge in [-0.1, -0.05) is 15.9 Å². The minimum absolute atomic E-state index is 0.0764. The van der Waals surface area contributed by atoms with Crippen molar-refractivity contribution in [3.8, 4) is 5.75 Å². The number of nitrogens with zero attached hydrogens (tertiary/aromatic N) is 1. The molecule has 1 atom stereocenters. The van der Waals surface area contributed by atoms with Crippen LogP contribution in [0.2, 0.25) is 0 Å². The molecule has 0 aliphatic carbocycles. The number of benzene rings is 1. The van der Waals surface area contributed by atoms with E-state index >= 15 is 0 Å². The number of hydrogen-bond donors (Lipinski definition) is 1. The average molecular weight is 327 g/mol. The van der Waals surface area contributed by atoms with E-state index in [1.807, 2.05) is 13.0 Å². The summed E-state index contributed by atoms with van der Waals surface area (Å²) in [6.45, 7) is 3.24. The summed E-state index contributed by atoms with van der Waals surface area (Å²) < 4.78 is 6.72. The number of carbonyl (C=O) groups is 1. The first kappa shape index (κ1) is 14.3. The van der Waals surface area contributed by atoms with E-state index in [9.17, 15) is 4.79 Å². The normalized spacial score (nSPS) is 14.7. The second-order valence-corrected chi connectivity index (χ2v) is 5.90. The number of amides is 1. The Morgan fingerprint density at radius 1 is 1.53 bits per heavy atom. The van der Waals surface area contributed by atoms with Gasteiger partial charge in [0.2, 0.25) is 5.91 Å². The van der Waals surface area contributed by atoms with Crippen molar-refractivity contribution in [1.29, 1.82) is 0 Å². The third kappa shape index (κ3) is 3.28. The molecule has 1 aliphatic heterocycles. The number of hydrogen-bond acceptors (Lipinski definition) is 3. The Morgan fingerprint density at radius 3 is 2.95 bits per heavy atom. The molecule has 1 aromatic carbocycles. The zero-order chi connectivity index (χ0) is 14.0. The highest BCUT2D eigenvalue weighted by molar-refractivity contribution is 9.10. The number of likely N-dealkylation sites (N-methyl/N-ethyl adjacent to an activating group) is 1.